The number of ether oxygens (including phenoxy) is 4. The molecule has 0 fully saturated rings. The van der Waals surface area contributed by atoms with Crippen LogP contribution in [-0.2, 0) is 65.4 Å². The molecular formula is C69H134O17P2. The Bertz CT molecular complexity index is 1750. The molecule has 0 amide bonds. The lowest BCUT2D eigenvalue weighted by Crippen LogP contribution is -2.30. The Hall–Kier alpha value is -1.94. The number of carbonyl (C=O) groups is 4. The van der Waals surface area contributed by atoms with Crippen molar-refractivity contribution in [1.29, 1.82) is 0 Å². The van der Waals surface area contributed by atoms with E-state index in [9.17, 15) is 43.2 Å². The predicted octanol–water partition coefficient (Wildman–Crippen LogP) is 19.3. The van der Waals surface area contributed by atoms with Gasteiger partial charge in [0, 0.05) is 25.7 Å². The smallest absolute Gasteiger partial charge is 0.462 e. The molecular weight excluding hydrogens is 1160 g/mol. The first kappa shape index (κ1) is 86.1. The van der Waals surface area contributed by atoms with Gasteiger partial charge in [-0.3, -0.25) is 37.3 Å². The van der Waals surface area contributed by atoms with E-state index in [1.807, 2.05) is 0 Å². The first-order valence-electron chi connectivity index (χ1n) is 35.7. The normalized spacial score (nSPS) is 14.6. The highest BCUT2D eigenvalue weighted by molar-refractivity contribution is 7.47. The first-order valence-corrected chi connectivity index (χ1v) is 38.7. The lowest BCUT2D eigenvalue weighted by Gasteiger charge is -2.21. The van der Waals surface area contributed by atoms with Crippen LogP contribution in [-0.4, -0.2) is 96.7 Å². The van der Waals surface area contributed by atoms with Crippen molar-refractivity contribution in [2.24, 2.45) is 23.7 Å². The molecule has 17 nitrogen and oxygen atoms in total. The van der Waals surface area contributed by atoms with Crippen molar-refractivity contribution in [2.45, 2.75) is 356 Å². The number of phosphoric ester groups is 2. The molecule has 522 valence electrons. The summed E-state index contributed by atoms with van der Waals surface area (Å²) in [7, 11) is -9.90. The molecule has 88 heavy (non-hydrogen) atoms. The maximum absolute atomic E-state index is 13.0. The van der Waals surface area contributed by atoms with Crippen molar-refractivity contribution in [3.05, 3.63) is 0 Å². The number of carbonyl (C=O) groups excluding carboxylic acids is 4. The minimum atomic E-state index is -4.95. The molecule has 0 aromatic heterocycles. The molecule has 0 aliphatic carbocycles. The molecule has 19 heteroatoms. The standard InChI is InChI=1S/C69H134O17P2/c1-9-62(8)48-40-32-27-28-34-42-50-67(72)80-56-65(86-69(74)52-44-36-26-20-23-31-39-47-61(6)7)58-84-88(77,78)82-54-63(70)53-81-87(75,76)83-57-64(85-68(73)51-43-35-25-19-22-30-38-46-60(4)5)55-79-66(71)49-41-33-24-18-16-14-12-10-11-13-15-17-21-29-37-45-59(2)3/h59-65,70H,9-58H2,1-8H3,(H,75,76)(H,77,78)/t62?,63-,64-,65-/m1/s1. The maximum Gasteiger partial charge on any atom is 0.472 e. The quantitative estimate of drug-likeness (QED) is 0.0222. The second-order valence-electron chi connectivity index (χ2n) is 26.6. The molecule has 3 N–H and O–H groups in total. The van der Waals surface area contributed by atoms with Gasteiger partial charge < -0.3 is 33.8 Å². The van der Waals surface area contributed by atoms with E-state index in [1.54, 1.807) is 0 Å². The van der Waals surface area contributed by atoms with Crippen LogP contribution >= 0.6 is 15.6 Å². The molecule has 0 saturated carbocycles. The second kappa shape index (κ2) is 58.8. The fraction of sp³-hybridized carbons (Fsp3) is 0.942. The number of phosphoric acid groups is 2. The van der Waals surface area contributed by atoms with E-state index in [0.717, 1.165) is 108 Å². The Morgan fingerprint density at radius 1 is 0.318 bits per heavy atom. The zero-order valence-electron chi connectivity index (χ0n) is 57.3. The second-order valence-corrected chi connectivity index (χ2v) is 29.5. The molecule has 0 aromatic carbocycles. The van der Waals surface area contributed by atoms with Crippen LogP contribution < -0.4 is 0 Å². The summed E-state index contributed by atoms with van der Waals surface area (Å²) in [6.07, 6.45) is 40.6. The van der Waals surface area contributed by atoms with E-state index in [1.165, 1.54) is 135 Å². The number of unbranched alkanes of at least 4 members (excludes halogenated alkanes) is 31. The summed E-state index contributed by atoms with van der Waals surface area (Å²) in [6.45, 7) is 14.0. The summed E-state index contributed by atoms with van der Waals surface area (Å²) in [5.74, 6) is 0.792. The van der Waals surface area contributed by atoms with Gasteiger partial charge in [0.25, 0.3) is 0 Å². The predicted molar refractivity (Wildman–Crippen MR) is 354 cm³/mol. The highest BCUT2D eigenvalue weighted by atomic mass is 31.2. The molecule has 0 rings (SSSR count). The Kier molecular flexibility index (Phi) is 57.6. The van der Waals surface area contributed by atoms with Crippen LogP contribution in [0.3, 0.4) is 0 Å². The molecule has 0 aliphatic rings. The Morgan fingerprint density at radius 2 is 0.545 bits per heavy atom. The van der Waals surface area contributed by atoms with Crippen LogP contribution in [0.5, 0.6) is 0 Å². The summed E-state index contributed by atoms with van der Waals surface area (Å²) in [4.78, 5) is 72.4. The summed E-state index contributed by atoms with van der Waals surface area (Å²) in [6, 6.07) is 0. The Balaban J connectivity index is 5.18. The number of hydrogen-bond acceptors (Lipinski definition) is 15. The number of esters is 4. The molecule has 0 radical (unpaired) electrons. The van der Waals surface area contributed by atoms with Crippen molar-refractivity contribution in [1.82, 2.24) is 0 Å². The average Bonchev–Trinajstić information content (AvgIpc) is 3.58. The summed E-state index contributed by atoms with van der Waals surface area (Å²) in [5, 5.41) is 10.6. The van der Waals surface area contributed by atoms with Gasteiger partial charge in [0.2, 0.25) is 0 Å². The van der Waals surface area contributed by atoms with Gasteiger partial charge in [-0.15, -0.1) is 0 Å². The number of hydrogen-bond donors (Lipinski definition) is 3. The molecule has 0 heterocycles. The lowest BCUT2D eigenvalue weighted by atomic mass is 10.00. The molecule has 3 unspecified atom stereocenters. The fourth-order valence-corrected chi connectivity index (χ4v) is 11.9. The van der Waals surface area contributed by atoms with E-state index < -0.39 is 97.5 Å². The number of aliphatic hydroxyl groups is 1. The lowest BCUT2D eigenvalue weighted by molar-refractivity contribution is -0.161. The van der Waals surface area contributed by atoms with Crippen LogP contribution in [0.4, 0.5) is 0 Å². The largest absolute Gasteiger partial charge is 0.472 e. The van der Waals surface area contributed by atoms with Gasteiger partial charge in [0.05, 0.1) is 26.4 Å². The van der Waals surface area contributed by atoms with E-state index in [-0.39, 0.29) is 25.7 Å². The Morgan fingerprint density at radius 3 is 0.807 bits per heavy atom. The Labute approximate surface area is 537 Å². The molecule has 0 bridgehead atoms. The molecule has 6 atom stereocenters. The van der Waals surface area contributed by atoms with Crippen molar-refractivity contribution in [3.63, 3.8) is 0 Å². The van der Waals surface area contributed by atoms with Crippen molar-refractivity contribution >= 4 is 39.5 Å². The minimum Gasteiger partial charge on any atom is -0.462 e. The van der Waals surface area contributed by atoms with Crippen molar-refractivity contribution in [3.8, 4) is 0 Å². The fourth-order valence-electron chi connectivity index (χ4n) is 10.3. The van der Waals surface area contributed by atoms with Crippen LogP contribution in [0.15, 0.2) is 0 Å². The molecule has 0 saturated heterocycles. The zero-order chi connectivity index (χ0) is 65.4. The van der Waals surface area contributed by atoms with E-state index in [0.29, 0.717) is 37.5 Å². The van der Waals surface area contributed by atoms with Crippen molar-refractivity contribution in [2.75, 3.05) is 39.6 Å². The van der Waals surface area contributed by atoms with E-state index in [4.69, 9.17) is 37.0 Å². The summed E-state index contributed by atoms with van der Waals surface area (Å²) >= 11 is 0. The third kappa shape index (κ3) is 61.6. The SMILES string of the molecule is CCC(C)CCCCCCCCC(=O)OC[C@H](COP(=O)(O)OC[C@H](O)COP(=O)(O)OC[C@@H](COC(=O)CCCCCCCCCCCCCCCCCC(C)C)OC(=O)CCCCCCCCCC(C)C)OC(=O)CCCCCCCCCC(C)C. The van der Waals surface area contributed by atoms with Gasteiger partial charge in [-0.25, -0.2) is 9.13 Å². The van der Waals surface area contributed by atoms with Crippen LogP contribution in [0, 0.1) is 23.7 Å². The highest BCUT2D eigenvalue weighted by Gasteiger charge is 2.30. The summed E-state index contributed by atoms with van der Waals surface area (Å²) < 4.78 is 68.1. The monoisotopic (exact) mass is 1300 g/mol. The van der Waals surface area contributed by atoms with Crippen molar-refractivity contribution < 1.29 is 80.2 Å². The van der Waals surface area contributed by atoms with Gasteiger partial charge in [0.15, 0.2) is 12.2 Å². The average molecular weight is 1300 g/mol. The van der Waals surface area contributed by atoms with Crippen LogP contribution in [0.25, 0.3) is 0 Å². The van der Waals surface area contributed by atoms with Crippen LogP contribution in [0.1, 0.15) is 338 Å². The van der Waals surface area contributed by atoms with E-state index in [2.05, 4.69) is 55.4 Å². The molecule has 0 aromatic rings. The van der Waals surface area contributed by atoms with Gasteiger partial charge in [-0.2, -0.15) is 0 Å². The molecule has 0 aliphatic heterocycles. The van der Waals surface area contributed by atoms with Gasteiger partial charge in [0.1, 0.15) is 19.3 Å². The maximum atomic E-state index is 13.0. The highest BCUT2D eigenvalue weighted by Crippen LogP contribution is 2.45. The number of aliphatic hydroxyl groups excluding tert-OH is 1. The first-order chi connectivity index (χ1) is 42.1. The van der Waals surface area contributed by atoms with Crippen LogP contribution in [0.2, 0.25) is 0 Å². The van der Waals surface area contributed by atoms with Gasteiger partial charge in [-0.05, 0) is 49.4 Å². The number of rotatable bonds is 66. The molecule has 0 spiro atoms. The van der Waals surface area contributed by atoms with Gasteiger partial charge in [-0.1, -0.05) is 287 Å². The minimum absolute atomic E-state index is 0.102. The third-order valence-corrected chi connectivity index (χ3v) is 18.1. The van der Waals surface area contributed by atoms with E-state index >= 15 is 0 Å². The zero-order valence-corrected chi connectivity index (χ0v) is 59.1. The summed E-state index contributed by atoms with van der Waals surface area (Å²) in [5.41, 5.74) is 0. The third-order valence-electron chi connectivity index (χ3n) is 16.2. The topological polar surface area (TPSA) is 237 Å². The van der Waals surface area contributed by atoms with Gasteiger partial charge >= 0.3 is 39.5 Å².